The zero-order valence-corrected chi connectivity index (χ0v) is 18.5. The lowest BCUT2D eigenvalue weighted by Crippen LogP contribution is -2.24. The number of anilines is 1. The van der Waals surface area contributed by atoms with Gasteiger partial charge in [-0.05, 0) is 55.3 Å². The molecule has 1 aliphatic rings. The van der Waals surface area contributed by atoms with E-state index in [1.54, 1.807) is 6.07 Å². The van der Waals surface area contributed by atoms with E-state index in [2.05, 4.69) is 20.4 Å². The number of fused-ring (bicyclic) bond motifs is 1. The van der Waals surface area contributed by atoms with Crippen LogP contribution < -0.4 is 10.9 Å². The highest BCUT2D eigenvalue weighted by atomic mass is 32.1. The van der Waals surface area contributed by atoms with Crippen molar-refractivity contribution < 1.29 is 18.0 Å². The third kappa shape index (κ3) is 4.26. The van der Waals surface area contributed by atoms with Gasteiger partial charge in [-0.25, -0.2) is 4.98 Å². The second-order valence-electron chi connectivity index (χ2n) is 7.86. The van der Waals surface area contributed by atoms with Crippen molar-refractivity contribution in [2.45, 2.75) is 31.9 Å². The second-order valence-corrected chi connectivity index (χ2v) is 8.81. The average Bonchev–Trinajstić information content (AvgIpc) is 3.49. The fourth-order valence-electron chi connectivity index (χ4n) is 3.89. The van der Waals surface area contributed by atoms with Crippen molar-refractivity contribution in [3.05, 3.63) is 80.6 Å². The van der Waals surface area contributed by atoms with Crippen molar-refractivity contribution in [1.29, 1.82) is 0 Å². The van der Waals surface area contributed by atoms with Crippen LogP contribution in [0.3, 0.4) is 0 Å². The summed E-state index contributed by atoms with van der Waals surface area (Å²) < 4.78 is 40.6. The van der Waals surface area contributed by atoms with Crippen molar-refractivity contribution in [3.63, 3.8) is 0 Å². The molecular formula is C23H18F3N5O2S. The summed E-state index contributed by atoms with van der Waals surface area (Å²) in [5.74, 6) is -0.442. The number of benzene rings is 1. The number of amides is 1. The largest absolute Gasteiger partial charge is 0.416 e. The number of halogens is 3. The number of carbonyl (C=O) groups excluding carboxylic acids is 1. The number of aryl methyl sites for hydroxylation is 1. The summed E-state index contributed by atoms with van der Waals surface area (Å²) in [5, 5.41) is 9.01. The van der Waals surface area contributed by atoms with E-state index in [1.165, 1.54) is 28.2 Å². The minimum Gasteiger partial charge on any atom is -0.306 e. The molecule has 0 radical (unpaired) electrons. The standard InChI is InChI=1S/C23H18F3N5O2S/c24-23(25,26)14-6-3-5-13(11-14)20(32)28-19-12-17(18-9-4-10-34-18)30-31(19)22-27-16-8-2-1-7-15(16)21(33)29-22/h3-6,9-12H,1-2,7-8H2,(H,28,32)(H,27,29,33). The summed E-state index contributed by atoms with van der Waals surface area (Å²) in [4.78, 5) is 33.6. The van der Waals surface area contributed by atoms with Gasteiger partial charge in [-0.2, -0.15) is 23.0 Å². The first-order valence-electron chi connectivity index (χ1n) is 10.5. The van der Waals surface area contributed by atoms with Gasteiger partial charge in [-0.1, -0.05) is 12.1 Å². The zero-order chi connectivity index (χ0) is 23.9. The predicted octanol–water partition coefficient (Wildman–Crippen LogP) is 4.83. The first kappa shape index (κ1) is 22.1. The van der Waals surface area contributed by atoms with Gasteiger partial charge >= 0.3 is 6.18 Å². The van der Waals surface area contributed by atoms with Gasteiger partial charge < -0.3 is 5.32 Å². The van der Waals surface area contributed by atoms with Crippen molar-refractivity contribution in [2.24, 2.45) is 0 Å². The van der Waals surface area contributed by atoms with E-state index in [1.807, 2.05) is 17.5 Å². The Kier molecular flexibility index (Phi) is 5.56. The number of nitrogens with one attached hydrogen (secondary N) is 2. The van der Waals surface area contributed by atoms with Crippen molar-refractivity contribution in [3.8, 4) is 16.5 Å². The second kappa shape index (κ2) is 8.56. The van der Waals surface area contributed by atoms with Crippen LogP contribution in [-0.4, -0.2) is 25.7 Å². The number of aromatic amines is 1. The van der Waals surface area contributed by atoms with Crippen LogP contribution in [0.4, 0.5) is 19.0 Å². The zero-order valence-electron chi connectivity index (χ0n) is 17.6. The minimum absolute atomic E-state index is 0.132. The van der Waals surface area contributed by atoms with Gasteiger partial charge in [0.05, 0.1) is 16.1 Å². The van der Waals surface area contributed by atoms with Gasteiger partial charge in [0.1, 0.15) is 11.5 Å². The van der Waals surface area contributed by atoms with Crippen LogP contribution in [-0.2, 0) is 19.0 Å². The van der Waals surface area contributed by atoms with E-state index in [9.17, 15) is 22.8 Å². The molecule has 3 heterocycles. The Balaban J connectivity index is 1.56. The van der Waals surface area contributed by atoms with E-state index in [-0.39, 0.29) is 22.9 Å². The number of nitrogens with zero attached hydrogens (tertiary/aromatic N) is 3. The molecule has 3 aromatic heterocycles. The summed E-state index contributed by atoms with van der Waals surface area (Å²) >= 11 is 1.43. The summed E-state index contributed by atoms with van der Waals surface area (Å²) in [6.45, 7) is 0. The Morgan fingerprint density at radius 2 is 1.94 bits per heavy atom. The Bertz CT molecular complexity index is 1420. The van der Waals surface area contributed by atoms with Crippen LogP contribution in [0.1, 0.15) is 40.0 Å². The van der Waals surface area contributed by atoms with E-state index >= 15 is 0 Å². The van der Waals surface area contributed by atoms with E-state index in [4.69, 9.17) is 0 Å². The summed E-state index contributed by atoms with van der Waals surface area (Å²) in [6.07, 6.45) is -1.42. The smallest absolute Gasteiger partial charge is 0.306 e. The number of H-pyrrole nitrogens is 1. The highest BCUT2D eigenvalue weighted by Gasteiger charge is 2.31. The first-order chi connectivity index (χ1) is 16.3. The molecule has 7 nitrogen and oxygen atoms in total. The maximum atomic E-state index is 13.1. The predicted molar refractivity (Wildman–Crippen MR) is 121 cm³/mol. The molecule has 5 rings (SSSR count). The lowest BCUT2D eigenvalue weighted by molar-refractivity contribution is -0.137. The SMILES string of the molecule is O=C(Nc1cc(-c2cccs2)nn1-c1nc2c(c(=O)[nH]1)CCCC2)c1cccc(C(F)(F)F)c1. The third-order valence-electron chi connectivity index (χ3n) is 5.56. The van der Waals surface area contributed by atoms with Gasteiger partial charge in [0.15, 0.2) is 0 Å². The fourth-order valence-corrected chi connectivity index (χ4v) is 4.57. The van der Waals surface area contributed by atoms with Gasteiger partial charge in [0.25, 0.3) is 11.5 Å². The number of thiophene rings is 1. The molecule has 0 spiro atoms. The topological polar surface area (TPSA) is 92.7 Å². The maximum absolute atomic E-state index is 13.1. The van der Waals surface area contributed by atoms with Crippen LogP contribution >= 0.6 is 11.3 Å². The Hall–Kier alpha value is -3.73. The maximum Gasteiger partial charge on any atom is 0.416 e. The van der Waals surface area contributed by atoms with Crippen LogP contribution in [0.15, 0.2) is 52.6 Å². The van der Waals surface area contributed by atoms with E-state index in [0.29, 0.717) is 29.8 Å². The molecule has 0 aliphatic heterocycles. The molecule has 1 aromatic carbocycles. The first-order valence-corrected chi connectivity index (χ1v) is 11.4. The van der Waals surface area contributed by atoms with Gasteiger partial charge in [0.2, 0.25) is 5.95 Å². The number of alkyl halides is 3. The normalized spacial score (nSPS) is 13.5. The highest BCUT2D eigenvalue weighted by Crippen LogP contribution is 2.31. The molecule has 0 saturated heterocycles. The number of rotatable bonds is 4. The highest BCUT2D eigenvalue weighted by molar-refractivity contribution is 7.13. The quantitative estimate of drug-likeness (QED) is 0.433. The van der Waals surface area contributed by atoms with E-state index < -0.39 is 17.6 Å². The Labute approximate surface area is 195 Å². The number of hydrogen-bond acceptors (Lipinski definition) is 5. The molecular weight excluding hydrogens is 467 g/mol. The molecule has 0 saturated carbocycles. The Morgan fingerprint density at radius 3 is 2.71 bits per heavy atom. The molecule has 1 aliphatic carbocycles. The molecule has 1 amide bonds. The lowest BCUT2D eigenvalue weighted by Gasteiger charge is -2.15. The molecule has 4 aromatic rings. The van der Waals surface area contributed by atoms with Crippen molar-refractivity contribution in [2.75, 3.05) is 5.32 Å². The Morgan fingerprint density at radius 1 is 1.12 bits per heavy atom. The monoisotopic (exact) mass is 485 g/mol. The lowest BCUT2D eigenvalue weighted by atomic mass is 9.97. The molecule has 0 bridgehead atoms. The van der Waals surface area contributed by atoms with Gasteiger partial charge in [0, 0.05) is 17.2 Å². The van der Waals surface area contributed by atoms with Crippen LogP contribution in [0.5, 0.6) is 0 Å². The molecule has 0 atom stereocenters. The van der Waals surface area contributed by atoms with Gasteiger partial charge in [-0.3, -0.25) is 14.6 Å². The minimum atomic E-state index is -4.57. The summed E-state index contributed by atoms with van der Waals surface area (Å²) in [5.41, 5.74) is 0.516. The van der Waals surface area contributed by atoms with Crippen molar-refractivity contribution in [1.82, 2.24) is 19.7 Å². The van der Waals surface area contributed by atoms with Crippen molar-refractivity contribution >= 4 is 23.1 Å². The summed E-state index contributed by atoms with van der Waals surface area (Å²) in [6, 6.07) is 9.44. The van der Waals surface area contributed by atoms with E-state index in [0.717, 1.165) is 29.9 Å². The molecule has 0 fully saturated rings. The number of aromatic nitrogens is 4. The van der Waals surface area contributed by atoms with Crippen LogP contribution in [0.25, 0.3) is 16.5 Å². The van der Waals surface area contributed by atoms with Crippen LogP contribution in [0, 0.1) is 0 Å². The molecule has 2 N–H and O–H groups in total. The average molecular weight is 485 g/mol. The van der Waals surface area contributed by atoms with Gasteiger partial charge in [-0.15, -0.1) is 11.3 Å². The molecule has 0 unspecified atom stereocenters. The number of hydrogen-bond donors (Lipinski definition) is 2. The fraction of sp³-hybridized carbons (Fsp3) is 0.217. The summed E-state index contributed by atoms with van der Waals surface area (Å²) in [7, 11) is 0. The molecule has 11 heteroatoms. The molecule has 34 heavy (non-hydrogen) atoms. The van der Waals surface area contributed by atoms with Crippen LogP contribution in [0.2, 0.25) is 0 Å². The molecule has 174 valence electrons. The third-order valence-corrected chi connectivity index (χ3v) is 6.45. The number of carbonyl (C=O) groups is 1.